The van der Waals surface area contributed by atoms with Gasteiger partial charge in [0.2, 0.25) is 5.95 Å². The van der Waals surface area contributed by atoms with Gasteiger partial charge in [0, 0.05) is 48.3 Å². The third kappa shape index (κ3) is 3.90. The molecule has 0 bridgehead atoms. The van der Waals surface area contributed by atoms with Gasteiger partial charge in [-0.25, -0.2) is 9.97 Å². The number of hydrogen-bond acceptors (Lipinski definition) is 7. The number of aromatic nitrogens is 4. The molecular formula is C23H22ClN7O. The van der Waals surface area contributed by atoms with E-state index in [1.807, 2.05) is 43.5 Å². The lowest BCUT2D eigenvalue weighted by molar-refractivity contribution is 0.589. The minimum absolute atomic E-state index is 0.244. The second-order valence-corrected chi connectivity index (χ2v) is 8.06. The van der Waals surface area contributed by atoms with E-state index in [2.05, 4.69) is 35.5 Å². The summed E-state index contributed by atoms with van der Waals surface area (Å²) in [6.45, 7) is 5.75. The SMILES string of the molecule is Cc1c(-c2ccccc2Cl)c(=O)[nH]c2nc(Nc3ccc(N4CCNCC4)cn3)ncc12. The number of fused-ring (bicyclic) bond motifs is 1. The number of hydrogen-bond donors (Lipinski definition) is 3. The summed E-state index contributed by atoms with van der Waals surface area (Å²) < 4.78 is 0. The summed E-state index contributed by atoms with van der Waals surface area (Å²) >= 11 is 6.32. The van der Waals surface area contributed by atoms with E-state index in [0.717, 1.165) is 42.8 Å². The van der Waals surface area contributed by atoms with Crippen LogP contribution in [0.4, 0.5) is 17.5 Å². The van der Waals surface area contributed by atoms with Crippen LogP contribution in [0.2, 0.25) is 5.02 Å². The van der Waals surface area contributed by atoms with Gasteiger partial charge in [-0.05, 0) is 30.7 Å². The maximum Gasteiger partial charge on any atom is 0.257 e. The Morgan fingerprint density at radius 2 is 1.88 bits per heavy atom. The molecule has 1 saturated heterocycles. The van der Waals surface area contributed by atoms with Gasteiger partial charge < -0.3 is 20.5 Å². The standard InChI is InChI=1S/C23H22ClN7O/c1-14-17-13-27-23(28-19-7-6-15(12-26-19)31-10-8-25-9-11-31)30-21(17)29-22(32)20(14)16-4-2-3-5-18(16)24/h2-7,12-13,25H,8-11H2,1H3,(H2,26,27,28,29,30,32). The molecule has 0 saturated carbocycles. The Bertz CT molecular complexity index is 1330. The molecule has 1 fully saturated rings. The van der Waals surface area contributed by atoms with Crippen molar-refractivity contribution in [2.75, 3.05) is 36.4 Å². The van der Waals surface area contributed by atoms with Crippen molar-refractivity contribution in [2.24, 2.45) is 0 Å². The fourth-order valence-electron chi connectivity index (χ4n) is 3.96. The molecule has 0 aliphatic carbocycles. The van der Waals surface area contributed by atoms with E-state index in [1.54, 1.807) is 12.3 Å². The number of piperazine rings is 1. The first-order chi connectivity index (χ1) is 15.6. The van der Waals surface area contributed by atoms with Crippen LogP contribution in [0.3, 0.4) is 0 Å². The molecule has 1 aromatic carbocycles. The van der Waals surface area contributed by atoms with Crippen molar-refractivity contribution in [1.29, 1.82) is 0 Å². The maximum atomic E-state index is 12.8. The first-order valence-corrected chi connectivity index (χ1v) is 10.8. The van der Waals surface area contributed by atoms with Gasteiger partial charge >= 0.3 is 0 Å². The average molecular weight is 448 g/mol. The fourth-order valence-corrected chi connectivity index (χ4v) is 4.19. The molecule has 0 atom stereocenters. The van der Waals surface area contributed by atoms with Crippen molar-refractivity contribution in [3.05, 3.63) is 69.7 Å². The molecule has 1 aliphatic heterocycles. The number of aryl methyl sites for hydroxylation is 1. The molecule has 3 aromatic heterocycles. The van der Waals surface area contributed by atoms with Crippen LogP contribution in [0.5, 0.6) is 0 Å². The van der Waals surface area contributed by atoms with Crippen LogP contribution in [0.15, 0.2) is 53.6 Å². The Kier molecular flexibility index (Phi) is 5.46. The summed E-state index contributed by atoms with van der Waals surface area (Å²) in [6, 6.07) is 11.2. The smallest absolute Gasteiger partial charge is 0.257 e. The topological polar surface area (TPSA) is 98.8 Å². The molecule has 0 unspecified atom stereocenters. The molecule has 4 heterocycles. The van der Waals surface area contributed by atoms with Crippen molar-refractivity contribution in [1.82, 2.24) is 25.3 Å². The molecular weight excluding hydrogens is 426 g/mol. The van der Waals surface area contributed by atoms with Crippen LogP contribution in [-0.2, 0) is 0 Å². The van der Waals surface area contributed by atoms with Crippen molar-refractivity contribution >= 4 is 40.1 Å². The first kappa shape index (κ1) is 20.4. The van der Waals surface area contributed by atoms with Gasteiger partial charge in [-0.1, -0.05) is 29.8 Å². The van der Waals surface area contributed by atoms with Crippen molar-refractivity contribution in [2.45, 2.75) is 6.92 Å². The number of anilines is 3. The van der Waals surface area contributed by atoms with Crippen LogP contribution < -0.4 is 21.1 Å². The number of benzene rings is 1. The third-order valence-corrected chi connectivity index (χ3v) is 5.97. The van der Waals surface area contributed by atoms with Crippen molar-refractivity contribution in [3.63, 3.8) is 0 Å². The van der Waals surface area contributed by atoms with Gasteiger partial charge in [0.15, 0.2) is 0 Å². The second kappa shape index (κ2) is 8.57. The van der Waals surface area contributed by atoms with Crippen molar-refractivity contribution in [3.8, 4) is 11.1 Å². The summed E-state index contributed by atoms with van der Waals surface area (Å²) in [5.41, 5.74) is 3.29. The van der Waals surface area contributed by atoms with Crippen LogP contribution >= 0.6 is 11.6 Å². The van der Waals surface area contributed by atoms with E-state index in [9.17, 15) is 4.79 Å². The lowest BCUT2D eigenvalue weighted by atomic mass is 10.0. The summed E-state index contributed by atoms with van der Waals surface area (Å²) in [4.78, 5) is 31.4. The lowest BCUT2D eigenvalue weighted by Gasteiger charge is -2.29. The Morgan fingerprint density at radius 1 is 1.06 bits per heavy atom. The highest BCUT2D eigenvalue weighted by Gasteiger charge is 2.15. The molecule has 1 aliphatic rings. The molecule has 9 heteroatoms. The van der Waals surface area contributed by atoms with E-state index >= 15 is 0 Å². The monoisotopic (exact) mass is 447 g/mol. The number of nitrogens with zero attached hydrogens (tertiary/aromatic N) is 4. The minimum Gasteiger partial charge on any atom is -0.368 e. The Labute approximate surface area is 189 Å². The van der Waals surface area contributed by atoms with Gasteiger partial charge in [0.25, 0.3) is 5.56 Å². The molecule has 0 amide bonds. The van der Waals surface area contributed by atoms with Crippen LogP contribution in [0, 0.1) is 6.92 Å². The largest absolute Gasteiger partial charge is 0.368 e. The second-order valence-electron chi connectivity index (χ2n) is 7.65. The van der Waals surface area contributed by atoms with E-state index < -0.39 is 0 Å². The Balaban J connectivity index is 1.43. The summed E-state index contributed by atoms with van der Waals surface area (Å²) in [6.07, 6.45) is 3.54. The zero-order chi connectivity index (χ0) is 22.1. The van der Waals surface area contributed by atoms with E-state index in [-0.39, 0.29) is 5.56 Å². The fraction of sp³-hybridized carbons (Fsp3) is 0.217. The molecule has 4 aromatic rings. The van der Waals surface area contributed by atoms with Crippen molar-refractivity contribution < 1.29 is 0 Å². The summed E-state index contributed by atoms with van der Waals surface area (Å²) in [5, 5.41) is 7.74. The number of halogens is 1. The molecule has 162 valence electrons. The predicted molar refractivity (Wildman–Crippen MR) is 128 cm³/mol. The molecule has 32 heavy (non-hydrogen) atoms. The highest BCUT2D eigenvalue weighted by atomic mass is 35.5. The van der Waals surface area contributed by atoms with Gasteiger partial charge in [-0.15, -0.1) is 0 Å². The highest BCUT2D eigenvalue weighted by Crippen LogP contribution is 2.30. The number of H-pyrrole nitrogens is 1. The van der Waals surface area contributed by atoms with Gasteiger partial charge in [0.05, 0.1) is 17.4 Å². The number of pyridine rings is 2. The van der Waals surface area contributed by atoms with E-state index in [1.165, 1.54) is 0 Å². The zero-order valence-corrected chi connectivity index (χ0v) is 18.3. The predicted octanol–water partition coefficient (Wildman–Crippen LogP) is 3.50. The van der Waals surface area contributed by atoms with E-state index in [0.29, 0.717) is 33.6 Å². The quantitative estimate of drug-likeness (QED) is 0.440. The van der Waals surface area contributed by atoms with E-state index in [4.69, 9.17) is 11.6 Å². The highest BCUT2D eigenvalue weighted by molar-refractivity contribution is 6.33. The molecule has 5 rings (SSSR count). The summed E-state index contributed by atoms with van der Waals surface area (Å²) in [5.74, 6) is 0.996. The first-order valence-electron chi connectivity index (χ1n) is 10.4. The number of nitrogens with one attached hydrogen (secondary N) is 3. The normalized spacial score (nSPS) is 14.0. The molecule has 8 nitrogen and oxygen atoms in total. The lowest BCUT2D eigenvalue weighted by Crippen LogP contribution is -2.43. The minimum atomic E-state index is -0.244. The number of aromatic amines is 1. The van der Waals surface area contributed by atoms with Gasteiger partial charge in [-0.2, -0.15) is 4.98 Å². The zero-order valence-electron chi connectivity index (χ0n) is 17.5. The Morgan fingerprint density at radius 3 is 2.62 bits per heavy atom. The third-order valence-electron chi connectivity index (χ3n) is 5.64. The molecule has 3 N–H and O–H groups in total. The number of rotatable bonds is 4. The average Bonchev–Trinajstić information content (AvgIpc) is 2.81. The molecule has 0 spiro atoms. The van der Waals surface area contributed by atoms with Gasteiger partial charge in [-0.3, -0.25) is 4.79 Å². The van der Waals surface area contributed by atoms with Crippen LogP contribution in [0.1, 0.15) is 5.56 Å². The van der Waals surface area contributed by atoms with Crippen LogP contribution in [0.25, 0.3) is 22.2 Å². The van der Waals surface area contributed by atoms with Crippen LogP contribution in [-0.4, -0.2) is 46.1 Å². The Hall–Kier alpha value is -3.49. The van der Waals surface area contributed by atoms with Gasteiger partial charge in [0.1, 0.15) is 11.5 Å². The summed E-state index contributed by atoms with van der Waals surface area (Å²) in [7, 11) is 0. The maximum absolute atomic E-state index is 12.8. The molecule has 0 radical (unpaired) electrons.